The van der Waals surface area contributed by atoms with Crippen LogP contribution in [0.4, 0.5) is 0 Å². The molecule has 0 aliphatic heterocycles. The zero-order valence-corrected chi connectivity index (χ0v) is 15.2. The molecule has 2 aromatic carbocycles. The van der Waals surface area contributed by atoms with E-state index in [1.54, 1.807) is 49.7 Å². The predicted octanol–water partition coefficient (Wildman–Crippen LogP) is 4.12. The lowest BCUT2D eigenvalue weighted by molar-refractivity contribution is 0.234. The fourth-order valence-electron chi connectivity index (χ4n) is 2.54. The third-order valence-electron chi connectivity index (χ3n) is 4.07. The number of nitrogens with one attached hydrogen (secondary N) is 1. The van der Waals surface area contributed by atoms with Crippen LogP contribution in [0.3, 0.4) is 0 Å². The van der Waals surface area contributed by atoms with Crippen LogP contribution in [0.5, 0.6) is 17.4 Å². The van der Waals surface area contributed by atoms with Crippen molar-refractivity contribution in [2.45, 2.75) is 13.5 Å². The van der Waals surface area contributed by atoms with Crippen LogP contribution < -0.4 is 15.0 Å². The van der Waals surface area contributed by atoms with E-state index < -0.39 is 0 Å². The molecule has 1 heterocycles. The normalized spacial score (nSPS) is 11.1. The Bertz CT molecular complexity index is 924. The Hall–Kier alpha value is -3.38. The number of hydroxylamine groups is 1. The number of pyridine rings is 1. The summed E-state index contributed by atoms with van der Waals surface area (Å²) in [6.45, 7) is 2.45. The summed E-state index contributed by atoms with van der Waals surface area (Å²) in [7, 11) is 1.61. The summed E-state index contributed by atoms with van der Waals surface area (Å²) in [4.78, 5) is 8.76. The summed E-state index contributed by atoms with van der Waals surface area (Å²) in [5.74, 6) is 1.97. The monoisotopic (exact) mass is 363 g/mol. The topological polar surface area (TPSA) is 76.0 Å². The second kappa shape index (κ2) is 8.82. The lowest BCUT2D eigenvalue weighted by Crippen LogP contribution is -2.21. The van der Waals surface area contributed by atoms with Crippen LogP contribution in [0.25, 0.3) is 0 Å². The molecule has 0 amide bonds. The molecule has 0 spiro atoms. The predicted molar refractivity (Wildman–Crippen MR) is 104 cm³/mol. The van der Waals surface area contributed by atoms with E-state index in [0.29, 0.717) is 23.7 Å². The first-order valence-electron chi connectivity index (χ1n) is 8.47. The van der Waals surface area contributed by atoms with E-state index in [4.69, 9.17) is 9.47 Å². The molecule has 2 N–H and O–H groups in total. The average molecular weight is 363 g/mol. The molecule has 0 saturated carbocycles. The average Bonchev–Trinajstić information content (AvgIpc) is 2.71. The lowest BCUT2D eigenvalue weighted by atomic mass is 10.1. The minimum absolute atomic E-state index is 0.287. The van der Waals surface area contributed by atoms with Gasteiger partial charge in [0.25, 0.3) is 0 Å². The summed E-state index contributed by atoms with van der Waals surface area (Å²) in [6, 6.07) is 18.7. The maximum absolute atomic E-state index is 9.60. The van der Waals surface area contributed by atoms with E-state index in [1.807, 2.05) is 31.2 Å². The fraction of sp³-hybridized carbons (Fsp3) is 0.143. The molecule has 3 rings (SSSR count). The third-order valence-corrected chi connectivity index (χ3v) is 4.07. The Balaban J connectivity index is 1.86. The van der Waals surface area contributed by atoms with Gasteiger partial charge in [-0.2, -0.15) is 0 Å². The Morgan fingerprint density at radius 1 is 1.04 bits per heavy atom. The van der Waals surface area contributed by atoms with Gasteiger partial charge < -0.3 is 9.47 Å². The van der Waals surface area contributed by atoms with E-state index >= 15 is 0 Å². The third kappa shape index (κ3) is 4.62. The molecule has 27 heavy (non-hydrogen) atoms. The number of aryl methyl sites for hydroxylation is 1. The number of methoxy groups -OCH3 is 1. The van der Waals surface area contributed by atoms with Crippen molar-refractivity contribution < 1.29 is 14.7 Å². The van der Waals surface area contributed by atoms with Gasteiger partial charge in [0.1, 0.15) is 11.5 Å². The van der Waals surface area contributed by atoms with Crippen molar-refractivity contribution in [3.63, 3.8) is 0 Å². The summed E-state index contributed by atoms with van der Waals surface area (Å²) in [6.07, 6.45) is 1.62. The van der Waals surface area contributed by atoms with Crippen molar-refractivity contribution >= 4 is 5.84 Å². The second-order valence-electron chi connectivity index (χ2n) is 5.84. The fourth-order valence-corrected chi connectivity index (χ4v) is 2.54. The van der Waals surface area contributed by atoms with Gasteiger partial charge in [-0.25, -0.2) is 4.98 Å². The molecule has 0 bridgehead atoms. The highest BCUT2D eigenvalue weighted by Crippen LogP contribution is 2.25. The standard InChI is InChI=1S/C21H21N3O3/c1-15-6-3-4-7-16(15)14-23-20(24-25)19-8-5-13-22-21(19)27-18-11-9-17(26-2)10-12-18/h3-13,25H,14H2,1-2H3,(H,23,24). The Morgan fingerprint density at radius 3 is 2.48 bits per heavy atom. The molecule has 138 valence electrons. The van der Waals surface area contributed by atoms with Crippen LogP contribution in [0, 0.1) is 6.92 Å². The van der Waals surface area contributed by atoms with Crippen LogP contribution >= 0.6 is 0 Å². The van der Waals surface area contributed by atoms with Gasteiger partial charge in [0, 0.05) is 6.20 Å². The van der Waals surface area contributed by atoms with E-state index in [1.165, 1.54) is 0 Å². The molecule has 1 aromatic heterocycles. The molecule has 3 aromatic rings. The summed E-state index contributed by atoms with van der Waals surface area (Å²) >= 11 is 0. The minimum atomic E-state index is 0.287. The largest absolute Gasteiger partial charge is 0.497 e. The number of benzene rings is 2. The smallest absolute Gasteiger partial charge is 0.230 e. The van der Waals surface area contributed by atoms with Crippen molar-refractivity contribution in [2.75, 3.05) is 7.11 Å². The number of aromatic nitrogens is 1. The zero-order chi connectivity index (χ0) is 19.1. The summed E-state index contributed by atoms with van der Waals surface area (Å²) in [5, 5.41) is 9.60. The van der Waals surface area contributed by atoms with E-state index in [9.17, 15) is 5.21 Å². The highest BCUT2D eigenvalue weighted by atomic mass is 16.5. The lowest BCUT2D eigenvalue weighted by Gasteiger charge is -2.12. The van der Waals surface area contributed by atoms with Crippen LogP contribution in [-0.2, 0) is 6.54 Å². The highest BCUT2D eigenvalue weighted by molar-refractivity contribution is 6.00. The number of ether oxygens (including phenoxy) is 2. The van der Waals surface area contributed by atoms with Gasteiger partial charge in [0.2, 0.25) is 5.88 Å². The highest BCUT2D eigenvalue weighted by Gasteiger charge is 2.12. The number of aliphatic imine (C=N–C) groups is 1. The molecular weight excluding hydrogens is 342 g/mol. The van der Waals surface area contributed by atoms with E-state index in [0.717, 1.165) is 16.9 Å². The molecule has 0 aliphatic rings. The maximum Gasteiger partial charge on any atom is 0.230 e. The van der Waals surface area contributed by atoms with E-state index in [-0.39, 0.29) is 5.84 Å². The number of rotatable bonds is 6. The van der Waals surface area contributed by atoms with Gasteiger partial charge in [-0.15, -0.1) is 0 Å². The molecule has 6 nitrogen and oxygen atoms in total. The van der Waals surface area contributed by atoms with Crippen molar-refractivity contribution in [1.29, 1.82) is 0 Å². The second-order valence-corrected chi connectivity index (χ2v) is 5.84. The number of amidine groups is 1. The molecule has 0 unspecified atom stereocenters. The van der Waals surface area contributed by atoms with Crippen molar-refractivity contribution in [3.8, 4) is 17.4 Å². The summed E-state index contributed by atoms with van der Waals surface area (Å²) in [5.41, 5.74) is 4.94. The first kappa shape index (κ1) is 18.4. The van der Waals surface area contributed by atoms with Gasteiger partial charge in [-0.1, -0.05) is 24.3 Å². The molecular formula is C21H21N3O3. The minimum Gasteiger partial charge on any atom is -0.497 e. The molecule has 0 saturated heterocycles. The molecule has 0 atom stereocenters. The Labute approximate surface area is 158 Å². The molecule has 0 fully saturated rings. The van der Waals surface area contributed by atoms with Crippen LogP contribution in [0.15, 0.2) is 71.9 Å². The van der Waals surface area contributed by atoms with Gasteiger partial charge in [0.15, 0.2) is 5.84 Å². The first-order valence-corrected chi connectivity index (χ1v) is 8.47. The molecule has 0 aliphatic carbocycles. The molecule has 0 radical (unpaired) electrons. The maximum atomic E-state index is 9.60. The Morgan fingerprint density at radius 2 is 1.78 bits per heavy atom. The summed E-state index contributed by atoms with van der Waals surface area (Å²) < 4.78 is 11.0. The SMILES string of the molecule is COc1ccc(Oc2ncccc2C(=NCc2ccccc2C)NO)cc1. The van der Waals surface area contributed by atoms with Gasteiger partial charge in [-0.05, 0) is 54.4 Å². The first-order chi connectivity index (χ1) is 13.2. The van der Waals surface area contributed by atoms with E-state index in [2.05, 4.69) is 15.5 Å². The van der Waals surface area contributed by atoms with Crippen LogP contribution in [0.2, 0.25) is 0 Å². The van der Waals surface area contributed by atoms with Crippen LogP contribution in [0.1, 0.15) is 16.7 Å². The van der Waals surface area contributed by atoms with Gasteiger partial charge in [-0.3, -0.25) is 15.7 Å². The van der Waals surface area contributed by atoms with Crippen molar-refractivity contribution in [3.05, 3.63) is 83.6 Å². The zero-order valence-electron chi connectivity index (χ0n) is 15.2. The van der Waals surface area contributed by atoms with Gasteiger partial charge >= 0.3 is 0 Å². The van der Waals surface area contributed by atoms with Crippen LogP contribution in [-0.4, -0.2) is 23.1 Å². The number of hydrogen-bond acceptors (Lipinski definition) is 5. The number of hydrogen-bond donors (Lipinski definition) is 2. The number of nitrogens with zero attached hydrogens (tertiary/aromatic N) is 2. The van der Waals surface area contributed by atoms with Crippen molar-refractivity contribution in [2.24, 2.45) is 4.99 Å². The Kier molecular flexibility index (Phi) is 6.02. The van der Waals surface area contributed by atoms with Gasteiger partial charge in [0.05, 0.1) is 19.2 Å². The van der Waals surface area contributed by atoms with Crippen molar-refractivity contribution in [1.82, 2.24) is 10.5 Å². The quantitative estimate of drug-likeness (QED) is 0.391. The molecule has 6 heteroatoms.